The maximum absolute atomic E-state index is 13.5. The van der Waals surface area contributed by atoms with Crippen molar-refractivity contribution in [2.24, 2.45) is 7.05 Å². The Labute approximate surface area is 115 Å². The number of aromatic nitrogens is 3. The average Bonchev–Trinajstić information content (AvgIpc) is 2.81. The molecule has 0 bridgehead atoms. The fourth-order valence-corrected chi connectivity index (χ4v) is 1.72. The number of carbonyl (C=O) groups excluding carboxylic acids is 1. The Morgan fingerprint density at radius 1 is 1.50 bits per heavy atom. The topological polar surface area (TPSA) is 85.8 Å². The van der Waals surface area contributed by atoms with E-state index in [1.165, 1.54) is 12.1 Å². The highest BCUT2D eigenvalue weighted by atomic mass is 19.1. The van der Waals surface area contributed by atoms with Gasteiger partial charge in [-0.25, -0.2) is 9.37 Å². The molecule has 0 spiro atoms. The second-order valence-electron chi connectivity index (χ2n) is 4.51. The van der Waals surface area contributed by atoms with Gasteiger partial charge in [-0.15, -0.1) is 0 Å². The van der Waals surface area contributed by atoms with Gasteiger partial charge in [0.15, 0.2) is 5.82 Å². The summed E-state index contributed by atoms with van der Waals surface area (Å²) in [5.74, 6) is -0.213. The number of aryl methyl sites for hydroxylation is 1. The Hall–Kier alpha value is -2.44. The van der Waals surface area contributed by atoms with Crippen molar-refractivity contribution in [2.75, 3.05) is 12.3 Å². The van der Waals surface area contributed by atoms with Crippen molar-refractivity contribution in [3.05, 3.63) is 41.2 Å². The minimum atomic E-state index is -0.485. The fraction of sp³-hybridized carbons (Fsp3) is 0.308. The smallest absolute Gasteiger partial charge is 0.251 e. The first-order chi connectivity index (χ1) is 9.47. The van der Waals surface area contributed by atoms with Gasteiger partial charge in [-0.05, 0) is 19.1 Å². The van der Waals surface area contributed by atoms with Crippen LogP contribution in [0.2, 0.25) is 0 Å². The van der Waals surface area contributed by atoms with Gasteiger partial charge in [-0.2, -0.15) is 5.10 Å². The molecule has 0 unspecified atom stereocenters. The third-order valence-corrected chi connectivity index (χ3v) is 2.93. The molecular formula is C13H16FN5O. The van der Waals surface area contributed by atoms with Crippen molar-refractivity contribution >= 4 is 11.6 Å². The van der Waals surface area contributed by atoms with Gasteiger partial charge in [0.05, 0.1) is 0 Å². The quantitative estimate of drug-likeness (QED) is 0.810. The Morgan fingerprint density at radius 3 is 2.85 bits per heavy atom. The van der Waals surface area contributed by atoms with Gasteiger partial charge in [0.25, 0.3) is 5.91 Å². The van der Waals surface area contributed by atoms with E-state index in [-0.39, 0.29) is 17.2 Å². The van der Waals surface area contributed by atoms with E-state index in [1.807, 2.05) is 0 Å². The normalized spacial score (nSPS) is 10.6. The van der Waals surface area contributed by atoms with E-state index >= 15 is 0 Å². The molecule has 0 saturated carbocycles. The molecule has 0 aliphatic carbocycles. The standard InChI is InChI=1S/C13H16FN5O/c1-8-10(14)5-9(6-11(8)15)13(20)16-4-3-12-17-7-19(2)18-12/h5-7H,3-4,15H2,1-2H3,(H,16,20). The Balaban J connectivity index is 1.95. The Morgan fingerprint density at radius 2 is 2.25 bits per heavy atom. The van der Waals surface area contributed by atoms with E-state index in [0.29, 0.717) is 24.4 Å². The number of hydrogen-bond acceptors (Lipinski definition) is 4. The van der Waals surface area contributed by atoms with Crippen LogP contribution in [0.1, 0.15) is 21.7 Å². The van der Waals surface area contributed by atoms with Gasteiger partial charge in [0.1, 0.15) is 12.1 Å². The molecule has 0 saturated heterocycles. The number of rotatable bonds is 4. The number of carbonyl (C=O) groups is 1. The molecule has 0 atom stereocenters. The van der Waals surface area contributed by atoms with Gasteiger partial charge >= 0.3 is 0 Å². The molecule has 0 aliphatic rings. The number of halogens is 1. The monoisotopic (exact) mass is 277 g/mol. The summed E-state index contributed by atoms with van der Waals surface area (Å²) >= 11 is 0. The molecule has 1 heterocycles. The van der Waals surface area contributed by atoms with Crippen LogP contribution in [-0.4, -0.2) is 27.2 Å². The van der Waals surface area contributed by atoms with E-state index < -0.39 is 5.82 Å². The zero-order valence-electron chi connectivity index (χ0n) is 11.4. The molecular weight excluding hydrogens is 261 g/mol. The lowest BCUT2D eigenvalue weighted by Crippen LogP contribution is -2.26. The summed E-state index contributed by atoms with van der Waals surface area (Å²) in [5, 5.41) is 6.77. The van der Waals surface area contributed by atoms with E-state index in [9.17, 15) is 9.18 Å². The largest absolute Gasteiger partial charge is 0.398 e. The van der Waals surface area contributed by atoms with Gasteiger partial charge in [0.2, 0.25) is 0 Å². The van der Waals surface area contributed by atoms with E-state index in [0.717, 1.165) is 0 Å². The number of nitrogens with one attached hydrogen (secondary N) is 1. The third-order valence-electron chi connectivity index (χ3n) is 2.93. The molecule has 1 aromatic heterocycles. The molecule has 7 heteroatoms. The molecule has 2 aromatic rings. The van der Waals surface area contributed by atoms with Crippen molar-refractivity contribution in [1.29, 1.82) is 0 Å². The minimum absolute atomic E-state index is 0.208. The van der Waals surface area contributed by atoms with E-state index in [2.05, 4.69) is 15.4 Å². The highest BCUT2D eigenvalue weighted by Crippen LogP contribution is 2.17. The van der Waals surface area contributed by atoms with Crippen molar-refractivity contribution < 1.29 is 9.18 Å². The van der Waals surface area contributed by atoms with Crippen LogP contribution in [-0.2, 0) is 13.5 Å². The van der Waals surface area contributed by atoms with Crippen LogP contribution in [0.15, 0.2) is 18.5 Å². The highest BCUT2D eigenvalue weighted by Gasteiger charge is 2.11. The number of amides is 1. The molecule has 1 aromatic carbocycles. The highest BCUT2D eigenvalue weighted by molar-refractivity contribution is 5.95. The number of nitrogens with zero attached hydrogens (tertiary/aromatic N) is 3. The maximum Gasteiger partial charge on any atom is 0.251 e. The van der Waals surface area contributed by atoms with Crippen LogP contribution in [0.25, 0.3) is 0 Å². The van der Waals surface area contributed by atoms with Crippen molar-refractivity contribution in [3.8, 4) is 0 Å². The first-order valence-corrected chi connectivity index (χ1v) is 6.15. The number of anilines is 1. The number of benzene rings is 1. The Bertz CT molecular complexity index is 614. The van der Waals surface area contributed by atoms with Crippen LogP contribution in [0.4, 0.5) is 10.1 Å². The maximum atomic E-state index is 13.5. The molecule has 20 heavy (non-hydrogen) atoms. The summed E-state index contributed by atoms with van der Waals surface area (Å²) in [7, 11) is 1.77. The van der Waals surface area contributed by atoms with Gasteiger partial charge < -0.3 is 11.1 Å². The van der Waals surface area contributed by atoms with E-state index in [1.54, 1.807) is 25.0 Å². The summed E-state index contributed by atoms with van der Waals surface area (Å²) in [6, 6.07) is 2.65. The Kier molecular flexibility index (Phi) is 3.97. The predicted molar refractivity (Wildman–Crippen MR) is 72.6 cm³/mol. The van der Waals surface area contributed by atoms with Crippen LogP contribution in [0.5, 0.6) is 0 Å². The molecule has 6 nitrogen and oxygen atoms in total. The zero-order chi connectivity index (χ0) is 14.7. The van der Waals surface area contributed by atoms with Gasteiger partial charge in [-0.3, -0.25) is 9.48 Å². The molecule has 2 rings (SSSR count). The fourth-order valence-electron chi connectivity index (χ4n) is 1.72. The number of hydrogen-bond donors (Lipinski definition) is 2. The number of nitrogen functional groups attached to an aromatic ring is 1. The lowest BCUT2D eigenvalue weighted by atomic mass is 10.1. The van der Waals surface area contributed by atoms with Crippen LogP contribution in [0, 0.1) is 12.7 Å². The molecule has 3 N–H and O–H groups in total. The SMILES string of the molecule is Cc1c(N)cc(C(=O)NCCc2ncn(C)n2)cc1F. The van der Waals surface area contributed by atoms with Crippen molar-refractivity contribution in [3.63, 3.8) is 0 Å². The second kappa shape index (κ2) is 5.68. The summed E-state index contributed by atoms with van der Waals surface area (Å²) in [4.78, 5) is 15.9. The predicted octanol–water partition coefficient (Wildman–Crippen LogP) is 0.817. The molecule has 106 valence electrons. The summed E-state index contributed by atoms with van der Waals surface area (Å²) in [6.07, 6.45) is 2.10. The molecule has 0 radical (unpaired) electrons. The lowest BCUT2D eigenvalue weighted by Gasteiger charge is -2.07. The summed E-state index contributed by atoms with van der Waals surface area (Å²) in [5.41, 5.74) is 6.46. The zero-order valence-corrected chi connectivity index (χ0v) is 11.4. The lowest BCUT2D eigenvalue weighted by molar-refractivity contribution is 0.0953. The first kappa shape index (κ1) is 14.0. The van der Waals surface area contributed by atoms with Crippen molar-refractivity contribution in [1.82, 2.24) is 20.1 Å². The molecule has 1 amide bonds. The first-order valence-electron chi connectivity index (χ1n) is 6.15. The third kappa shape index (κ3) is 3.11. The van der Waals surface area contributed by atoms with E-state index in [4.69, 9.17) is 5.73 Å². The summed E-state index contributed by atoms with van der Waals surface area (Å²) < 4.78 is 15.1. The number of nitrogens with two attached hydrogens (primary N) is 1. The molecule has 0 fully saturated rings. The average molecular weight is 277 g/mol. The summed E-state index contributed by atoms with van der Waals surface area (Å²) in [6.45, 7) is 1.94. The van der Waals surface area contributed by atoms with Gasteiger partial charge in [0, 0.05) is 36.8 Å². The van der Waals surface area contributed by atoms with Crippen molar-refractivity contribution in [2.45, 2.75) is 13.3 Å². The van der Waals surface area contributed by atoms with Gasteiger partial charge in [-0.1, -0.05) is 0 Å². The minimum Gasteiger partial charge on any atom is -0.398 e. The van der Waals surface area contributed by atoms with Crippen LogP contribution in [0.3, 0.4) is 0 Å². The van der Waals surface area contributed by atoms with Crippen LogP contribution < -0.4 is 11.1 Å². The molecule has 0 aliphatic heterocycles. The van der Waals surface area contributed by atoms with Crippen LogP contribution >= 0.6 is 0 Å². The second-order valence-corrected chi connectivity index (χ2v) is 4.51.